The number of hydrogen-bond donors (Lipinski definition) is 0. The molecule has 0 saturated carbocycles. The number of carbonyl (C=O) groups is 1. The lowest BCUT2D eigenvalue weighted by Gasteiger charge is -2.16. The fraction of sp³-hybridized carbons (Fsp3) is 0.556. The van der Waals surface area contributed by atoms with E-state index in [4.69, 9.17) is 5.26 Å². The van der Waals surface area contributed by atoms with E-state index in [1.807, 2.05) is 13.0 Å². The van der Waals surface area contributed by atoms with E-state index in [1.54, 1.807) is 17.9 Å². The van der Waals surface area contributed by atoms with Crippen molar-refractivity contribution in [1.29, 1.82) is 5.26 Å². The molecule has 0 heterocycles. The van der Waals surface area contributed by atoms with Crippen molar-refractivity contribution in [3.63, 3.8) is 0 Å². The fourth-order valence-electron chi connectivity index (χ4n) is 0.857. The summed E-state index contributed by atoms with van der Waals surface area (Å²) >= 11 is 0. The molecule has 0 aliphatic carbocycles. The van der Waals surface area contributed by atoms with Gasteiger partial charge in [-0.15, -0.1) is 0 Å². The van der Waals surface area contributed by atoms with Crippen LogP contribution in [0.2, 0.25) is 0 Å². The molecule has 0 spiro atoms. The molecular weight excluding hydrogens is 152 g/mol. The minimum Gasteiger partial charge on any atom is -0.338 e. The van der Waals surface area contributed by atoms with Gasteiger partial charge in [-0.05, 0) is 19.9 Å². The van der Waals surface area contributed by atoms with Gasteiger partial charge in [-0.1, -0.05) is 6.08 Å². The van der Waals surface area contributed by atoms with Gasteiger partial charge in [-0.2, -0.15) is 5.26 Å². The third-order valence-electron chi connectivity index (χ3n) is 1.50. The molecule has 0 rings (SSSR count). The number of hydrogen-bond acceptors (Lipinski definition) is 2. The maximum atomic E-state index is 11.2. The molecule has 0 bridgehead atoms. The second-order valence-electron chi connectivity index (χ2n) is 2.33. The predicted molar refractivity (Wildman–Crippen MR) is 47.3 cm³/mol. The Bertz CT molecular complexity index is 203. The fourth-order valence-corrected chi connectivity index (χ4v) is 0.857. The van der Waals surface area contributed by atoms with E-state index in [-0.39, 0.29) is 5.91 Å². The van der Waals surface area contributed by atoms with Gasteiger partial charge in [0.25, 0.3) is 0 Å². The molecule has 1 amide bonds. The Morgan fingerprint density at radius 1 is 1.67 bits per heavy atom. The first-order valence-electron chi connectivity index (χ1n) is 4.04. The summed E-state index contributed by atoms with van der Waals surface area (Å²) in [5.41, 5.74) is 0. The average Bonchev–Trinajstić information content (AvgIpc) is 2.06. The summed E-state index contributed by atoms with van der Waals surface area (Å²) in [5, 5.41) is 8.32. The van der Waals surface area contributed by atoms with Crippen LogP contribution < -0.4 is 0 Å². The number of amides is 1. The largest absolute Gasteiger partial charge is 0.338 e. The van der Waals surface area contributed by atoms with Crippen LogP contribution in [0, 0.1) is 11.3 Å². The third-order valence-corrected chi connectivity index (χ3v) is 1.50. The zero-order valence-corrected chi connectivity index (χ0v) is 7.58. The van der Waals surface area contributed by atoms with Crippen LogP contribution in [0.5, 0.6) is 0 Å². The zero-order valence-electron chi connectivity index (χ0n) is 7.58. The van der Waals surface area contributed by atoms with Crippen molar-refractivity contribution in [2.24, 2.45) is 0 Å². The Kier molecular flexibility index (Phi) is 5.72. The molecule has 3 nitrogen and oxygen atoms in total. The normalized spacial score (nSPS) is 9.75. The van der Waals surface area contributed by atoms with Crippen LogP contribution in [0.25, 0.3) is 0 Å². The number of nitriles is 1. The van der Waals surface area contributed by atoms with E-state index in [0.717, 1.165) is 0 Å². The Balaban J connectivity index is 3.98. The molecule has 3 heteroatoms. The van der Waals surface area contributed by atoms with Gasteiger partial charge in [0.2, 0.25) is 5.91 Å². The van der Waals surface area contributed by atoms with E-state index in [9.17, 15) is 4.79 Å². The summed E-state index contributed by atoms with van der Waals surface area (Å²) in [5.74, 6) is -0.0183. The van der Waals surface area contributed by atoms with Crippen LogP contribution in [0.1, 0.15) is 20.3 Å². The molecule has 0 N–H and O–H groups in total. The Labute approximate surface area is 73.3 Å². The van der Waals surface area contributed by atoms with E-state index < -0.39 is 0 Å². The molecule has 0 aliphatic heterocycles. The lowest BCUT2D eigenvalue weighted by Crippen LogP contribution is -2.29. The van der Waals surface area contributed by atoms with Gasteiger partial charge in [0.15, 0.2) is 0 Å². The molecule has 0 atom stereocenters. The van der Waals surface area contributed by atoms with Crippen LogP contribution in [0.4, 0.5) is 0 Å². The highest BCUT2D eigenvalue weighted by molar-refractivity contribution is 5.87. The minimum atomic E-state index is -0.0183. The Morgan fingerprint density at radius 3 is 2.75 bits per heavy atom. The van der Waals surface area contributed by atoms with E-state index >= 15 is 0 Å². The van der Waals surface area contributed by atoms with Crippen molar-refractivity contribution >= 4 is 5.91 Å². The SMILES string of the molecule is CC=CC(=O)N(CC)CCC#N. The standard InChI is InChI=1S/C9H14N2O/c1-3-6-9(12)11(4-2)8-5-7-10/h3,6H,4-5,8H2,1-2H3. The highest BCUT2D eigenvalue weighted by Crippen LogP contribution is 1.93. The quantitative estimate of drug-likeness (QED) is 0.591. The van der Waals surface area contributed by atoms with Gasteiger partial charge >= 0.3 is 0 Å². The smallest absolute Gasteiger partial charge is 0.246 e. The van der Waals surface area contributed by atoms with Gasteiger partial charge < -0.3 is 4.90 Å². The first-order chi connectivity index (χ1) is 5.76. The number of rotatable bonds is 4. The predicted octanol–water partition coefficient (Wildman–Crippen LogP) is 1.32. The van der Waals surface area contributed by atoms with Crippen molar-refractivity contribution in [3.8, 4) is 6.07 Å². The monoisotopic (exact) mass is 166 g/mol. The zero-order chi connectivity index (χ0) is 9.40. The first kappa shape index (κ1) is 10.7. The lowest BCUT2D eigenvalue weighted by molar-refractivity contribution is -0.125. The average molecular weight is 166 g/mol. The summed E-state index contributed by atoms with van der Waals surface area (Å²) in [6.07, 6.45) is 3.62. The molecule has 0 aliphatic rings. The lowest BCUT2D eigenvalue weighted by atomic mass is 10.3. The molecule has 0 aromatic heterocycles. The third kappa shape index (κ3) is 3.77. The topological polar surface area (TPSA) is 44.1 Å². The molecule has 0 fully saturated rings. The molecule has 0 aromatic rings. The molecule has 0 saturated heterocycles. The summed E-state index contributed by atoms with van der Waals surface area (Å²) < 4.78 is 0. The van der Waals surface area contributed by atoms with Crippen molar-refractivity contribution in [2.45, 2.75) is 20.3 Å². The molecule has 12 heavy (non-hydrogen) atoms. The van der Waals surface area contributed by atoms with Crippen LogP contribution in [0.15, 0.2) is 12.2 Å². The summed E-state index contributed by atoms with van der Waals surface area (Å²) in [6, 6.07) is 2.01. The maximum absolute atomic E-state index is 11.2. The van der Waals surface area contributed by atoms with Gasteiger partial charge in [-0.3, -0.25) is 4.79 Å². The van der Waals surface area contributed by atoms with Crippen LogP contribution in [-0.2, 0) is 4.79 Å². The number of likely N-dealkylation sites (N-methyl/N-ethyl adjacent to an activating group) is 1. The number of allylic oxidation sites excluding steroid dienone is 1. The first-order valence-corrected chi connectivity index (χ1v) is 4.04. The summed E-state index contributed by atoms with van der Waals surface area (Å²) in [4.78, 5) is 12.9. The Morgan fingerprint density at radius 2 is 2.33 bits per heavy atom. The van der Waals surface area contributed by atoms with Gasteiger partial charge in [0.1, 0.15) is 0 Å². The van der Waals surface area contributed by atoms with Crippen molar-refractivity contribution in [3.05, 3.63) is 12.2 Å². The van der Waals surface area contributed by atoms with Gasteiger partial charge in [0, 0.05) is 13.1 Å². The van der Waals surface area contributed by atoms with Gasteiger partial charge in [0.05, 0.1) is 12.5 Å². The highest BCUT2D eigenvalue weighted by Gasteiger charge is 2.05. The minimum absolute atomic E-state index is 0.0183. The molecule has 0 radical (unpaired) electrons. The molecule has 66 valence electrons. The van der Waals surface area contributed by atoms with Crippen molar-refractivity contribution in [1.82, 2.24) is 4.90 Å². The number of carbonyl (C=O) groups excluding carboxylic acids is 1. The molecule has 0 unspecified atom stereocenters. The van der Waals surface area contributed by atoms with E-state index in [0.29, 0.717) is 19.5 Å². The molecular formula is C9H14N2O. The van der Waals surface area contributed by atoms with Crippen molar-refractivity contribution in [2.75, 3.05) is 13.1 Å². The van der Waals surface area contributed by atoms with E-state index in [1.165, 1.54) is 6.08 Å². The summed E-state index contributed by atoms with van der Waals surface area (Å²) in [6.45, 7) is 4.88. The highest BCUT2D eigenvalue weighted by atomic mass is 16.2. The number of nitrogens with zero attached hydrogens (tertiary/aromatic N) is 2. The van der Waals surface area contributed by atoms with Crippen molar-refractivity contribution < 1.29 is 4.79 Å². The maximum Gasteiger partial charge on any atom is 0.246 e. The second kappa shape index (κ2) is 6.41. The molecule has 0 aromatic carbocycles. The van der Waals surface area contributed by atoms with Crippen LogP contribution >= 0.6 is 0 Å². The van der Waals surface area contributed by atoms with Crippen LogP contribution in [-0.4, -0.2) is 23.9 Å². The summed E-state index contributed by atoms with van der Waals surface area (Å²) in [7, 11) is 0. The van der Waals surface area contributed by atoms with Gasteiger partial charge in [-0.25, -0.2) is 0 Å². The Hall–Kier alpha value is -1.30. The second-order valence-corrected chi connectivity index (χ2v) is 2.33. The van der Waals surface area contributed by atoms with Crippen LogP contribution in [0.3, 0.4) is 0 Å². The van der Waals surface area contributed by atoms with E-state index in [2.05, 4.69) is 0 Å².